The van der Waals surface area contributed by atoms with Gasteiger partial charge in [-0.25, -0.2) is 4.79 Å². The van der Waals surface area contributed by atoms with Gasteiger partial charge in [0.25, 0.3) is 0 Å². The van der Waals surface area contributed by atoms with E-state index < -0.39 is 72.2 Å². The molecule has 0 spiro atoms. The fourth-order valence-electron chi connectivity index (χ4n) is 5.42. The van der Waals surface area contributed by atoms with Crippen molar-refractivity contribution >= 4 is 58.2 Å². The van der Waals surface area contributed by atoms with Crippen molar-refractivity contribution in [1.29, 1.82) is 0 Å². The average molecular weight is 726 g/mol. The van der Waals surface area contributed by atoms with Gasteiger partial charge in [0, 0.05) is 23.5 Å². The van der Waals surface area contributed by atoms with Crippen LogP contribution in [0.3, 0.4) is 0 Å². The molecule has 0 aliphatic heterocycles. The van der Waals surface area contributed by atoms with Crippen molar-refractivity contribution in [3.05, 3.63) is 71.9 Å². The lowest BCUT2D eigenvalue weighted by Gasteiger charge is -2.26. The van der Waals surface area contributed by atoms with Crippen molar-refractivity contribution in [3.8, 4) is 0 Å². The van der Waals surface area contributed by atoms with Crippen LogP contribution in [0.25, 0.3) is 10.9 Å². The van der Waals surface area contributed by atoms with Crippen LogP contribution >= 0.6 is 11.8 Å². The first-order valence-corrected chi connectivity index (χ1v) is 18.0. The zero-order chi connectivity index (χ0) is 37.3. The molecule has 11 N–H and O–H groups in total. The number of unbranched alkanes of at least 4 members (excludes halogenated alkanes) is 1. The maximum Gasteiger partial charge on any atom is 0.326 e. The monoisotopic (exact) mass is 725 g/mol. The van der Waals surface area contributed by atoms with Crippen LogP contribution in [0.1, 0.15) is 43.2 Å². The molecule has 1 heterocycles. The second kappa shape index (κ2) is 20.7. The molecule has 0 radical (unpaired) electrons. The zero-order valence-corrected chi connectivity index (χ0v) is 29.2. The number of benzene rings is 2. The van der Waals surface area contributed by atoms with Crippen LogP contribution in [-0.4, -0.2) is 99.5 Å². The molecule has 5 atom stereocenters. The number of rotatable bonds is 22. The molecule has 0 unspecified atom stereocenters. The number of hydrogen-bond acceptors (Lipinski definition) is 9. The highest BCUT2D eigenvalue weighted by atomic mass is 32.2. The van der Waals surface area contributed by atoms with E-state index in [-0.39, 0.29) is 25.7 Å². The van der Waals surface area contributed by atoms with E-state index in [4.69, 9.17) is 11.5 Å². The number of fused-ring (bicyclic) bond motifs is 1. The second-order valence-corrected chi connectivity index (χ2v) is 13.1. The number of carboxylic acid groups (broad SMARTS) is 2. The third-order valence-electron chi connectivity index (χ3n) is 8.18. The molecule has 0 saturated heterocycles. The Morgan fingerprint density at radius 2 is 1.35 bits per heavy atom. The Morgan fingerprint density at radius 1 is 0.745 bits per heavy atom. The van der Waals surface area contributed by atoms with Gasteiger partial charge in [0.05, 0.1) is 12.5 Å². The molecule has 2 aromatic carbocycles. The molecule has 1 aromatic heterocycles. The number of aliphatic carboxylic acids is 2. The number of nitrogens with two attached hydrogens (primary N) is 2. The lowest BCUT2D eigenvalue weighted by molar-refractivity contribution is -0.143. The Bertz CT molecular complexity index is 1640. The van der Waals surface area contributed by atoms with Crippen molar-refractivity contribution in [2.45, 2.75) is 75.2 Å². The number of para-hydroxylation sites is 1. The van der Waals surface area contributed by atoms with Crippen molar-refractivity contribution in [2.24, 2.45) is 11.5 Å². The van der Waals surface area contributed by atoms with E-state index in [0.29, 0.717) is 30.7 Å². The van der Waals surface area contributed by atoms with Crippen LogP contribution in [0.2, 0.25) is 0 Å². The summed E-state index contributed by atoms with van der Waals surface area (Å²) in [7, 11) is 0. The van der Waals surface area contributed by atoms with E-state index in [2.05, 4.69) is 26.3 Å². The number of H-pyrrole nitrogens is 1. The molecule has 3 rings (SSSR count). The highest BCUT2D eigenvalue weighted by Gasteiger charge is 2.33. The van der Waals surface area contributed by atoms with Gasteiger partial charge in [-0.3, -0.25) is 24.0 Å². The van der Waals surface area contributed by atoms with Crippen molar-refractivity contribution < 1.29 is 39.0 Å². The summed E-state index contributed by atoms with van der Waals surface area (Å²) < 4.78 is 0. The topological polar surface area (TPSA) is 259 Å². The quantitative estimate of drug-likeness (QED) is 0.0650. The molecule has 3 aromatic rings. The average Bonchev–Trinajstić information content (AvgIpc) is 3.51. The number of hydrogen-bond donors (Lipinski definition) is 9. The minimum absolute atomic E-state index is 0.0536. The largest absolute Gasteiger partial charge is 0.481 e. The summed E-state index contributed by atoms with van der Waals surface area (Å²) in [6.45, 7) is 0.350. The summed E-state index contributed by atoms with van der Waals surface area (Å²) in [5, 5.41) is 30.3. The first-order chi connectivity index (χ1) is 24.4. The number of aromatic amines is 1. The van der Waals surface area contributed by atoms with Gasteiger partial charge in [-0.1, -0.05) is 48.5 Å². The molecule has 4 amide bonds. The summed E-state index contributed by atoms with van der Waals surface area (Å²) in [5.74, 6) is -5.43. The minimum atomic E-state index is -1.64. The predicted octanol–water partition coefficient (Wildman–Crippen LogP) is 0.661. The number of carbonyl (C=O) groups excluding carboxylic acids is 4. The molecule has 51 heavy (non-hydrogen) atoms. The molecule has 0 aliphatic carbocycles. The second-order valence-electron chi connectivity index (χ2n) is 12.1. The number of carboxylic acids is 2. The summed E-state index contributed by atoms with van der Waals surface area (Å²) in [6.07, 6.45) is 4.12. The molecule has 0 bridgehead atoms. The third-order valence-corrected chi connectivity index (χ3v) is 8.83. The van der Waals surface area contributed by atoms with Gasteiger partial charge < -0.3 is 47.9 Å². The Hall–Kier alpha value is -4.93. The van der Waals surface area contributed by atoms with Crippen LogP contribution in [0.15, 0.2) is 60.8 Å². The van der Waals surface area contributed by atoms with Crippen LogP contribution < -0.4 is 32.7 Å². The van der Waals surface area contributed by atoms with Gasteiger partial charge in [-0.05, 0) is 67.9 Å². The first-order valence-electron chi connectivity index (χ1n) is 16.6. The molecule has 15 nitrogen and oxygen atoms in total. The van der Waals surface area contributed by atoms with Crippen LogP contribution in [-0.2, 0) is 41.6 Å². The van der Waals surface area contributed by atoms with Crippen molar-refractivity contribution in [2.75, 3.05) is 18.6 Å². The van der Waals surface area contributed by atoms with E-state index in [9.17, 15) is 39.0 Å². The number of nitrogens with one attached hydrogen (secondary N) is 5. The fraction of sp³-hybridized carbons (Fsp3) is 0.429. The van der Waals surface area contributed by atoms with E-state index in [1.807, 2.05) is 30.5 Å². The molecule has 0 fully saturated rings. The summed E-state index contributed by atoms with van der Waals surface area (Å²) in [5.41, 5.74) is 14.1. The summed E-state index contributed by atoms with van der Waals surface area (Å²) in [4.78, 5) is 80.6. The SMILES string of the molecule is CSCC[C@H](NC(=O)[C@@H](N)Cc1c[nH]c2ccccc12)C(=O)N[C@@H](CC(=O)O)C(=O)N[C@@H](Cc1ccccc1)C(=O)N[C@@H](CCCCN)C(=O)O. The zero-order valence-electron chi connectivity index (χ0n) is 28.4. The highest BCUT2D eigenvalue weighted by Crippen LogP contribution is 2.19. The third kappa shape index (κ3) is 13.0. The maximum atomic E-state index is 13.6. The molecule has 0 aliphatic rings. The predicted molar refractivity (Wildman–Crippen MR) is 194 cm³/mol. The highest BCUT2D eigenvalue weighted by molar-refractivity contribution is 7.98. The lowest BCUT2D eigenvalue weighted by Crippen LogP contribution is -2.59. The number of amides is 4. The normalized spacial score (nSPS) is 14.0. The Morgan fingerprint density at radius 3 is 2.02 bits per heavy atom. The van der Waals surface area contributed by atoms with Gasteiger partial charge in [-0.15, -0.1) is 0 Å². The van der Waals surface area contributed by atoms with Gasteiger partial charge in [0.2, 0.25) is 23.6 Å². The Balaban J connectivity index is 1.76. The molecule has 0 saturated carbocycles. The summed E-state index contributed by atoms with van der Waals surface area (Å²) in [6, 6.07) is 9.77. The first kappa shape index (κ1) is 40.5. The van der Waals surface area contributed by atoms with E-state index in [1.54, 1.807) is 36.5 Å². The lowest BCUT2D eigenvalue weighted by atomic mass is 10.0. The van der Waals surface area contributed by atoms with Crippen molar-refractivity contribution in [1.82, 2.24) is 26.3 Å². The Kier molecular flexibility index (Phi) is 16.4. The number of carbonyl (C=O) groups is 6. The van der Waals surface area contributed by atoms with Gasteiger partial charge >= 0.3 is 11.9 Å². The molecule has 16 heteroatoms. The van der Waals surface area contributed by atoms with Gasteiger partial charge in [-0.2, -0.15) is 11.8 Å². The van der Waals surface area contributed by atoms with E-state index in [0.717, 1.165) is 16.5 Å². The smallest absolute Gasteiger partial charge is 0.326 e. The maximum absolute atomic E-state index is 13.6. The standard InChI is InChI=1S/C35H47N7O8S/c1-51-16-14-26(39-31(45)24(37)18-22-20-38-25-12-6-5-11-23(22)25)32(46)42-29(19-30(43)44)34(48)41-28(17-21-9-3-2-4-10-21)33(47)40-27(35(49)50)13-7-8-15-36/h2-6,9-12,20,24,26-29,38H,7-8,13-19,36-37H2,1H3,(H,39,45)(H,40,47)(H,41,48)(H,42,46)(H,43,44)(H,49,50)/t24-,26-,27-,28-,29-/m0/s1. The minimum Gasteiger partial charge on any atom is -0.481 e. The van der Waals surface area contributed by atoms with Gasteiger partial charge in [0.15, 0.2) is 0 Å². The summed E-state index contributed by atoms with van der Waals surface area (Å²) >= 11 is 1.42. The van der Waals surface area contributed by atoms with E-state index in [1.165, 1.54) is 11.8 Å². The van der Waals surface area contributed by atoms with Crippen LogP contribution in [0, 0.1) is 0 Å². The number of thioether (sulfide) groups is 1. The molecule has 276 valence electrons. The fourth-order valence-corrected chi connectivity index (χ4v) is 5.89. The van der Waals surface area contributed by atoms with Crippen molar-refractivity contribution in [3.63, 3.8) is 0 Å². The Labute approximate surface area is 300 Å². The van der Waals surface area contributed by atoms with Crippen LogP contribution in [0.5, 0.6) is 0 Å². The van der Waals surface area contributed by atoms with Gasteiger partial charge in [0.1, 0.15) is 24.2 Å². The molecular formula is C35H47N7O8S. The van der Waals surface area contributed by atoms with E-state index >= 15 is 0 Å². The number of aromatic nitrogens is 1. The molecular weight excluding hydrogens is 678 g/mol. The van der Waals surface area contributed by atoms with Crippen LogP contribution in [0.4, 0.5) is 0 Å².